The summed E-state index contributed by atoms with van der Waals surface area (Å²) in [6, 6.07) is 7.54. The van der Waals surface area contributed by atoms with Crippen molar-refractivity contribution in [2.24, 2.45) is 11.7 Å². The van der Waals surface area contributed by atoms with Gasteiger partial charge in [-0.15, -0.1) is 12.4 Å². The highest BCUT2D eigenvalue weighted by Crippen LogP contribution is 2.18. The zero-order chi connectivity index (χ0) is 18.9. The highest BCUT2D eigenvalue weighted by Gasteiger charge is 2.28. The summed E-state index contributed by atoms with van der Waals surface area (Å²) in [7, 11) is 0. The quantitative estimate of drug-likeness (QED) is 0.658. The van der Waals surface area contributed by atoms with Crippen LogP contribution < -0.4 is 11.1 Å². The number of likely N-dealkylation sites (tertiary alicyclic amines) is 1. The lowest BCUT2D eigenvalue weighted by molar-refractivity contribution is -0.135. The Morgan fingerprint density at radius 3 is 2.52 bits per heavy atom. The number of halogens is 1. The number of nitrogens with two attached hydrogens (primary N) is 1. The highest BCUT2D eigenvalue weighted by atomic mass is 35.5. The number of carbonyl (C=O) groups is 3. The van der Waals surface area contributed by atoms with Crippen LogP contribution in [0.3, 0.4) is 0 Å². The van der Waals surface area contributed by atoms with Crippen molar-refractivity contribution >= 4 is 30.0 Å². The number of amides is 2. The molecular formula is C20H30ClN3O3. The normalized spacial score (nSPS) is 16.4. The van der Waals surface area contributed by atoms with E-state index in [1.54, 1.807) is 4.90 Å². The molecule has 27 heavy (non-hydrogen) atoms. The van der Waals surface area contributed by atoms with Gasteiger partial charge in [0.1, 0.15) is 0 Å². The number of benzene rings is 1. The number of rotatable bonds is 8. The summed E-state index contributed by atoms with van der Waals surface area (Å²) in [5.41, 5.74) is 7.23. The second-order valence-corrected chi connectivity index (χ2v) is 6.73. The predicted molar refractivity (Wildman–Crippen MR) is 108 cm³/mol. The topological polar surface area (TPSA) is 92.5 Å². The van der Waals surface area contributed by atoms with Crippen LogP contribution in [-0.2, 0) is 16.0 Å². The molecule has 1 aromatic carbocycles. The van der Waals surface area contributed by atoms with Crippen molar-refractivity contribution in [3.63, 3.8) is 0 Å². The van der Waals surface area contributed by atoms with Crippen LogP contribution in [0.15, 0.2) is 24.3 Å². The Bertz CT molecular complexity index is 634. The van der Waals surface area contributed by atoms with E-state index in [9.17, 15) is 14.4 Å². The predicted octanol–water partition coefficient (Wildman–Crippen LogP) is 1.95. The molecule has 1 fully saturated rings. The first-order valence-corrected chi connectivity index (χ1v) is 9.42. The standard InChI is InChI=1S/C20H29N3O3.ClH/c1-2-15-5-7-16(8-6-15)18(24)9-10-19(25)23-13-3-4-17(14-23)20(26)22-12-11-21;/h5-8,17H,2-4,9-14,21H2,1H3,(H,22,26);1H. The lowest BCUT2D eigenvalue weighted by atomic mass is 9.96. The molecule has 1 heterocycles. The first-order chi connectivity index (χ1) is 12.5. The SMILES string of the molecule is CCc1ccc(C(=O)CCC(=O)N2CCCC(C(=O)NCCN)C2)cc1.Cl. The molecule has 0 spiro atoms. The van der Waals surface area contributed by atoms with Gasteiger partial charge in [-0.25, -0.2) is 0 Å². The van der Waals surface area contributed by atoms with Crippen LogP contribution >= 0.6 is 12.4 Å². The van der Waals surface area contributed by atoms with Crippen molar-refractivity contribution in [2.45, 2.75) is 39.0 Å². The van der Waals surface area contributed by atoms with E-state index in [4.69, 9.17) is 5.73 Å². The van der Waals surface area contributed by atoms with Crippen molar-refractivity contribution in [2.75, 3.05) is 26.2 Å². The number of nitrogens with one attached hydrogen (secondary N) is 1. The van der Waals surface area contributed by atoms with Gasteiger partial charge >= 0.3 is 0 Å². The molecule has 0 radical (unpaired) electrons. The zero-order valence-corrected chi connectivity index (χ0v) is 16.7. The van der Waals surface area contributed by atoms with Crippen molar-refractivity contribution in [1.82, 2.24) is 10.2 Å². The molecule has 1 aromatic rings. The van der Waals surface area contributed by atoms with Crippen molar-refractivity contribution in [3.8, 4) is 0 Å². The molecule has 1 aliphatic rings. The average Bonchev–Trinajstić information content (AvgIpc) is 2.70. The van der Waals surface area contributed by atoms with Gasteiger partial charge in [-0.3, -0.25) is 14.4 Å². The van der Waals surface area contributed by atoms with E-state index in [1.165, 1.54) is 5.56 Å². The van der Waals surface area contributed by atoms with E-state index in [2.05, 4.69) is 12.2 Å². The van der Waals surface area contributed by atoms with Crippen LogP contribution in [0, 0.1) is 5.92 Å². The number of Topliss-reactive ketones (excluding diaryl/α,β-unsaturated/α-hetero) is 1. The van der Waals surface area contributed by atoms with Gasteiger partial charge in [0.25, 0.3) is 0 Å². The van der Waals surface area contributed by atoms with Crippen LogP contribution in [0.4, 0.5) is 0 Å². The van der Waals surface area contributed by atoms with Gasteiger partial charge in [0, 0.05) is 44.6 Å². The molecular weight excluding hydrogens is 366 g/mol. The van der Waals surface area contributed by atoms with Gasteiger partial charge < -0.3 is 16.0 Å². The molecule has 1 saturated heterocycles. The first-order valence-electron chi connectivity index (χ1n) is 9.42. The molecule has 2 amide bonds. The minimum atomic E-state index is -0.184. The fraction of sp³-hybridized carbons (Fsp3) is 0.550. The smallest absolute Gasteiger partial charge is 0.224 e. The van der Waals surface area contributed by atoms with Crippen LogP contribution in [0.1, 0.15) is 48.5 Å². The Morgan fingerprint density at radius 2 is 1.89 bits per heavy atom. The summed E-state index contributed by atoms with van der Waals surface area (Å²) in [5.74, 6) is -0.299. The minimum absolute atomic E-state index is 0. The van der Waals surface area contributed by atoms with Gasteiger partial charge in [0.2, 0.25) is 11.8 Å². The Balaban J connectivity index is 0.00000364. The molecule has 1 aliphatic heterocycles. The number of carbonyl (C=O) groups excluding carboxylic acids is 3. The van der Waals surface area contributed by atoms with E-state index >= 15 is 0 Å². The third-order valence-electron chi connectivity index (χ3n) is 4.84. The lowest BCUT2D eigenvalue weighted by Crippen LogP contribution is -2.46. The molecule has 3 N–H and O–H groups in total. The lowest BCUT2D eigenvalue weighted by Gasteiger charge is -2.32. The second-order valence-electron chi connectivity index (χ2n) is 6.73. The van der Waals surface area contributed by atoms with Crippen LogP contribution in [-0.4, -0.2) is 48.7 Å². The third-order valence-corrected chi connectivity index (χ3v) is 4.84. The maximum absolute atomic E-state index is 12.4. The number of ketones is 1. The van der Waals surface area contributed by atoms with E-state index in [-0.39, 0.29) is 48.8 Å². The van der Waals surface area contributed by atoms with Crippen LogP contribution in [0.25, 0.3) is 0 Å². The monoisotopic (exact) mass is 395 g/mol. The summed E-state index contributed by atoms with van der Waals surface area (Å²) in [4.78, 5) is 38.5. The number of aryl methyl sites for hydroxylation is 1. The number of piperidine rings is 1. The van der Waals surface area contributed by atoms with E-state index in [1.807, 2.05) is 24.3 Å². The van der Waals surface area contributed by atoms with Crippen molar-refractivity contribution in [3.05, 3.63) is 35.4 Å². The van der Waals surface area contributed by atoms with Crippen molar-refractivity contribution in [1.29, 1.82) is 0 Å². The number of hydrogen-bond donors (Lipinski definition) is 2. The Kier molecular flexibility index (Phi) is 10.0. The fourth-order valence-electron chi connectivity index (χ4n) is 3.21. The second kappa shape index (κ2) is 11.7. The van der Waals surface area contributed by atoms with Crippen molar-refractivity contribution < 1.29 is 14.4 Å². The molecule has 7 heteroatoms. The Hall–Kier alpha value is -1.92. The van der Waals surface area contributed by atoms with Gasteiger partial charge in [0.05, 0.1) is 5.92 Å². The summed E-state index contributed by atoms with van der Waals surface area (Å²) in [5, 5.41) is 2.79. The van der Waals surface area contributed by atoms with Crippen LogP contribution in [0.5, 0.6) is 0 Å². The molecule has 150 valence electrons. The molecule has 0 aromatic heterocycles. The maximum Gasteiger partial charge on any atom is 0.224 e. The fourth-order valence-corrected chi connectivity index (χ4v) is 3.21. The van der Waals surface area contributed by atoms with E-state index in [0.29, 0.717) is 31.7 Å². The van der Waals surface area contributed by atoms with E-state index < -0.39 is 0 Å². The summed E-state index contributed by atoms with van der Waals surface area (Å²) in [6.45, 7) is 4.00. The summed E-state index contributed by atoms with van der Waals surface area (Å²) in [6.07, 6.45) is 2.90. The van der Waals surface area contributed by atoms with Gasteiger partial charge in [0.15, 0.2) is 5.78 Å². The molecule has 0 bridgehead atoms. The third kappa shape index (κ3) is 6.96. The zero-order valence-electron chi connectivity index (χ0n) is 15.9. The number of hydrogen-bond acceptors (Lipinski definition) is 4. The first kappa shape index (κ1) is 23.1. The molecule has 0 saturated carbocycles. The van der Waals surface area contributed by atoms with Crippen LogP contribution in [0.2, 0.25) is 0 Å². The Morgan fingerprint density at radius 1 is 1.19 bits per heavy atom. The summed E-state index contributed by atoms with van der Waals surface area (Å²) >= 11 is 0. The largest absolute Gasteiger partial charge is 0.355 e. The number of nitrogens with zero attached hydrogens (tertiary/aromatic N) is 1. The minimum Gasteiger partial charge on any atom is -0.355 e. The molecule has 1 unspecified atom stereocenters. The highest BCUT2D eigenvalue weighted by molar-refractivity contribution is 5.98. The molecule has 1 atom stereocenters. The maximum atomic E-state index is 12.4. The molecule has 2 rings (SSSR count). The molecule has 6 nitrogen and oxygen atoms in total. The van der Waals surface area contributed by atoms with Gasteiger partial charge in [-0.1, -0.05) is 31.2 Å². The van der Waals surface area contributed by atoms with E-state index in [0.717, 1.165) is 19.3 Å². The van der Waals surface area contributed by atoms with Gasteiger partial charge in [-0.2, -0.15) is 0 Å². The Labute approximate surface area is 167 Å². The van der Waals surface area contributed by atoms with Gasteiger partial charge in [-0.05, 0) is 24.8 Å². The summed E-state index contributed by atoms with van der Waals surface area (Å²) < 4.78 is 0. The molecule has 0 aliphatic carbocycles. The average molecular weight is 396 g/mol.